The maximum absolute atomic E-state index is 10.7. The monoisotopic (exact) mass is 215 g/mol. The molecule has 0 unspecified atom stereocenters. The molecule has 0 radical (unpaired) electrons. The Morgan fingerprint density at radius 3 is 2.47 bits per heavy atom. The SMILES string of the molecule is CCN(CCNC(C)=O)CC(C)(C)CN. The third kappa shape index (κ3) is 7.33. The predicted molar refractivity (Wildman–Crippen MR) is 63.6 cm³/mol. The highest BCUT2D eigenvalue weighted by molar-refractivity contribution is 5.72. The largest absolute Gasteiger partial charge is 0.355 e. The minimum absolute atomic E-state index is 0.0316. The average Bonchev–Trinajstić information content (AvgIpc) is 2.15. The van der Waals surface area contributed by atoms with Crippen LogP contribution in [0.3, 0.4) is 0 Å². The van der Waals surface area contributed by atoms with Crippen molar-refractivity contribution in [2.24, 2.45) is 11.1 Å². The number of nitrogens with two attached hydrogens (primary N) is 1. The van der Waals surface area contributed by atoms with Crippen LogP contribution in [0.1, 0.15) is 27.7 Å². The van der Waals surface area contributed by atoms with Crippen molar-refractivity contribution in [3.63, 3.8) is 0 Å². The molecule has 0 bridgehead atoms. The molecule has 1 amide bonds. The van der Waals surface area contributed by atoms with Crippen LogP contribution >= 0.6 is 0 Å². The zero-order valence-electron chi connectivity index (χ0n) is 10.5. The third-order valence-electron chi connectivity index (χ3n) is 2.45. The molecular formula is C11H25N3O. The Hall–Kier alpha value is -0.610. The number of amides is 1. The predicted octanol–water partition coefficient (Wildman–Crippen LogP) is 0.429. The lowest BCUT2D eigenvalue weighted by atomic mass is 9.93. The molecule has 0 atom stereocenters. The van der Waals surface area contributed by atoms with E-state index in [-0.39, 0.29) is 11.3 Å². The lowest BCUT2D eigenvalue weighted by Gasteiger charge is -2.30. The maximum atomic E-state index is 10.7. The number of carbonyl (C=O) groups is 1. The molecule has 0 aromatic heterocycles. The van der Waals surface area contributed by atoms with E-state index in [4.69, 9.17) is 5.73 Å². The highest BCUT2D eigenvalue weighted by atomic mass is 16.1. The highest BCUT2D eigenvalue weighted by Gasteiger charge is 2.18. The second kappa shape index (κ2) is 6.80. The van der Waals surface area contributed by atoms with Crippen molar-refractivity contribution in [3.05, 3.63) is 0 Å². The number of nitrogens with one attached hydrogen (secondary N) is 1. The molecule has 0 aliphatic rings. The van der Waals surface area contributed by atoms with Crippen molar-refractivity contribution in [3.8, 4) is 0 Å². The smallest absolute Gasteiger partial charge is 0.216 e. The molecule has 0 aliphatic heterocycles. The molecule has 4 nitrogen and oxygen atoms in total. The summed E-state index contributed by atoms with van der Waals surface area (Å²) >= 11 is 0. The Kier molecular flexibility index (Phi) is 6.52. The van der Waals surface area contributed by atoms with Gasteiger partial charge in [0.05, 0.1) is 0 Å². The molecule has 15 heavy (non-hydrogen) atoms. The number of nitrogens with zero attached hydrogens (tertiary/aromatic N) is 1. The molecule has 0 aliphatic carbocycles. The second-order valence-corrected chi connectivity index (χ2v) is 4.72. The number of likely N-dealkylation sites (N-methyl/N-ethyl adjacent to an activating group) is 1. The number of hydrogen-bond acceptors (Lipinski definition) is 3. The summed E-state index contributed by atoms with van der Waals surface area (Å²) in [5.41, 5.74) is 5.83. The summed E-state index contributed by atoms with van der Waals surface area (Å²) in [5.74, 6) is 0.0316. The van der Waals surface area contributed by atoms with E-state index in [0.717, 1.165) is 19.6 Å². The van der Waals surface area contributed by atoms with Gasteiger partial charge in [0.2, 0.25) is 5.91 Å². The van der Waals surface area contributed by atoms with Gasteiger partial charge in [0, 0.05) is 26.6 Å². The van der Waals surface area contributed by atoms with Crippen LogP contribution in [-0.2, 0) is 4.79 Å². The Balaban J connectivity index is 3.87. The van der Waals surface area contributed by atoms with Crippen LogP contribution in [-0.4, -0.2) is 43.5 Å². The van der Waals surface area contributed by atoms with E-state index in [1.165, 1.54) is 0 Å². The first-order valence-electron chi connectivity index (χ1n) is 5.58. The van der Waals surface area contributed by atoms with E-state index in [2.05, 4.69) is 31.0 Å². The van der Waals surface area contributed by atoms with Gasteiger partial charge in [-0.05, 0) is 18.5 Å². The number of carbonyl (C=O) groups excluding carboxylic acids is 1. The lowest BCUT2D eigenvalue weighted by molar-refractivity contribution is -0.119. The van der Waals surface area contributed by atoms with Crippen molar-refractivity contribution in [1.29, 1.82) is 0 Å². The summed E-state index contributed by atoms with van der Waals surface area (Å²) in [6.45, 7) is 12.2. The van der Waals surface area contributed by atoms with Crippen molar-refractivity contribution < 1.29 is 4.79 Å². The summed E-state index contributed by atoms with van der Waals surface area (Å²) in [5, 5.41) is 2.80. The van der Waals surface area contributed by atoms with Gasteiger partial charge in [-0.15, -0.1) is 0 Å². The van der Waals surface area contributed by atoms with Gasteiger partial charge in [-0.1, -0.05) is 20.8 Å². The minimum Gasteiger partial charge on any atom is -0.355 e. The topological polar surface area (TPSA) is 58.4 Å². The summed E-state index contributed by atoms with van der Waals surface area (Å²) < 4.78 is 0. The Bertz CT molecular complexity index is 192. The summed E-state index contributed by atoms with van der Waals surface area (Å²) in [7, 11) is 0. The molecular weight excluding hydrogens is 190 g/mol. The summed E-state index contributed by atoms with van der Waals surface area (Å²) in [6.07, 6.45) is 0. The second-order valence-electron chi connectivity index (χ2n) is 4.72. The molecule has 4 heteroatoms. The van der Waals surface area contributed by atoms with E-state index >= 15 is 0 Å². The van der Waals surface area contributed by atoms with Gasteiger partial charge in [0.25, 0.3) is 0 Å². The molecule has 0 heterocycles. The van der Waals surface area contributed by atoms with E-state index < -0.39 is 0 Å². The molecule has 0 saturated carbocycles. The number of hydrogen-bond donors (Lipinski definition) is 2. The molecule has 0 rings (SSSR count). The first-order valence-corrected chi connectivity index (χ1v) is 5.58. The van der Waals surface area contributed by atoms with Crippen LogP contribution in [0.2, 0.25) is 0 Å². The Morgan fingerprint density at radius 1 is 1.47 bits per heavy atom. The van der Waals surface area contributed by atoms with Crippen LogP contribution < -0.4 is 11.1 Å². The zero-order valence-corrected chi connectivity index (χ0v) is 10.5. The molecule has 0 aromatic carbocycles. The molecule has 90 valence electrons. The normalized spacial score (nSPS) is 11.9. The molecule has 0 fully saturated rings. The van der Waals surface area contributed by atoms with Gasteiger partial charge in [-0.2, -0.15) is 0 Å². The molecule has 3 N–H and O–H groups in total. The molecule has 0 saturated heterocycles. The van der Waals surface area contributed by atoms with Crippen LogP contribution in [0.15, 0.2) is 0 Å². The van der Waals surface area contributed by atoms with Gasteiger partial charge in [-0.3, -0.25) is 4.79 Å². The number of rotatable bonds is 7. The highest BCUT2D eigenvalue weighted by Crippen LogP contribution is 2.14. The van der Waals surface area contributed by atoms with Gasteiger partial charge in [-0.25, -0.2) is 0 Å². The van der Waals surface area contributed by atoms with E-state index in [1.807, 2.05) is 0 Å². The van der Waals surface area contributed by atoms with Crippen molar-refractivity contribution in [2.45, 2.75) is 27.7 Å². The first kappa shape index (κ1) is 14.4. The Labute approximate surface area is 93.2 Å². The van der Waals surface area contributed by atoms with Crippen molar-refractivity contribution in [1.82, 2.24) is 10.2 Å². The maximum Gasteiger partial charge on any atom is 0.216 e. The van der Waals surface area contributed by atoms with Crippen LogP contribution in [0.4, 0.5) is 0 Å². The van der Waals surface area contributed by atoms with Crippen LogP contribution in [0.5, 0.6) is 0 Å². The zero-order chi connectivity index (χ0) is 11.9. The van der Waals surface area contributed by atoms with E-state index in [1.54, 1.807) is 6.92 Å². The van der Waals surface area contributed by atoms with Crippen LogP contribution in [0.25, 0.3) is 0 Å². The Morgan fingerprint density at radius 2 is 2.07 bits per heavy atom. The first-order chi connectivity index (χ1) is 6.91. The fraction of sp³-hybridized carbons (Fsp3) is 0.909. The van der Waals surface area contributed by atoms with Gasteiger partial charge < -0.3 is 16.0 Å². The standard InChI is InChI=1S/C11H25N3O/c1-5-14(7-6-13-10(2)15)9-11(3,4)8-12/h5-9,12H2,1-4H3,(H,13,15). The average molecular weight is 215 g/mol. The summed E-state index contributed by atoms with van der Waals surface area (Å²) in [6, 6.07) is 0. The molecule has 0 aromatic rings. The van der Waals surface area contributed by atoms with Gasteiger partial charge in [0.1, 0.15) is 0 Å². The quantitative estimate of drug-likeness (QED) is 0.647. The van der Waals surface area contributed by atoms with Gasteiger partial charge in [0.15, 0.2) is 0 Å². The third-order valence-corrected chi connectivity index (χ3v) is 2.45. The minimum atomic E-state index is 0.0316. The van der Waals surface area contributed by atoms with Gasteiger partial charge >= 0.3 is 0 Å². The lowest BCUT2D eigenvalue weighted by Crippen LogP contribution is -2.42. The van der Waals surface area contributed by atoms with Crippen LogP contribution in [0, 0.1) is 5.41 Å². The fourth-order valence-corrected chi connectivity index (χ4v) is 1.41. The molecule has 0 spiro atoms. The van der Waals surface area contributed by atoms with E-state index in [9.17, 15) is 4.79 Å². The van der Waals surface area contributed by atoms with E-state index in [0.29, 0.717) is 13.1 Å². The fourth-order valence-electron chi connectivity index (χ4n) is 1.41. The van der Waals surface area contributed by atoms with Crippen molar-refractivity contribution >= 4 is 5.91 Å². The summed E-state index contributed by atoms with van der Waals surface area (Å²) in [4.78, 5) is 13.0. The van der Waals surface area contributed by atoms with Crippen molar-refractivity contribution in [2.75, 3.05) is 32.7 Å².